The zero-order valence-corrected chi connectivity index (χ0v) is 20.5. The van der Waals surface area contributed by atoms with Gasteiger partial charge in [-0.2, -0.15) is 0 Å². The summed E-state index contributed by atoms with van der Waals surface area (Å²) in [6.45, 7) is 10.9. The van der Waals surface area contributed by atoms with Gasteiger partial charge in [0.1, 0.15) is 5.78 Å². The van der Waals surface area contributed by atoms with Crippen molar-refractivity contribution in [2.45, 2.75) is 103 Å². The minimum Gasteiger partial charge on any atom is -0.393 e. The fraction of sp³-hybridized carbons (Fsp3) is 0.963. The molecule has 5 heteroatoms. The standard InChI is InChI=1S/C27H44O5/c1-13(2)11-27(32)12-14(3)19-21(27)24(31)20-18-16(7-9-26(19,20)5)25(4)8-6-15(28)10-17(25)22(29)23(18)30/h13-23,28-30,32H,6-12H2,1-5H3/t14-,15-,16+,17-,18-,19+,20+,21-,22-,23-,25-,26-,27+/m1/s1. The molecule has 0 aliphatic heterocycles. The summed E-state index contributed by atoms with van der Waals surface area (Å²) < 4.78 is 0. The van der Waals surface area contributed by atoms with Crippen LogP contribution >= 0.6 is 0 Å². The molecule has 0 amide bonds. The van der Waals surface area contributed by atoms with E-state index >= 15 is 0 Å². The van der Waals surface area contributed by atoms with E-state index < -0.39 is 23.9 Å². The molecule has 0 radical (unpaired) electrons. The lowest BCUT2D eigenvalue weighted by Crippen LogP contribution is -2.65. The summed E-state index contributed by atoms with van der Waals surface area (Å²) in [6.07, 6.45) is 3.06. The van der Waals surface area contributed by atoms with Crippen LogP contribution in [0.5, 0.6) is 0 Å². The Morgan fingerprint density at radius 2 is 1.62 bits per heavy atom. The Morgan fingerprint density at radius 1 is 0.969 bits per heavy atom. The van der Waals surface area contributed by atoms with E-state index in [1.807, 2.05) is 0 Å². The third kappa shape index (κ3) is 2.86. The Morgan fingerprint density at radius 3 is 2.28 bits per heavy atom. The van der Waals surface area contributed by atoms with E-state index in [9.17, 15) is 25.2 Å². The van der Waals surface area contributed by atoms with Gasteiger partial charge >= 0.3 is 0 Å². The molecule has 5 aliphatic rings. The molecule has 182 valence electrons. The predicted octanol–water partition coefficient (Wildman–Crippen LogP) is 3.17. The molecule has 0 bridgehead atoms. The maximum Gasteiger partial charge on any atom is 0.143 e. The van der Waals surface area contributed by atoms with Gasteiger partial charge in [0.05, 0.1) is 29.8 Å². The van der Waals surface area contributed by atoms with Gasteiger partial charge in [-0.3, -0.25) is 4.79 Å². The van der Waals surface area contributed by atoms with Gasteiger partial charge in [0.25, 0.3) is 0 Å². The summed E-state index contributed by atoms with van der Waals surface area (Å²) in [7, 11) is 0. The average Bonchev–Trinajstić information content (AvgIpc) is 3.10. The molecule has 5 aliphatic carbocycles. The fourth-order valence-corrected chi connectivity index (χ4v) is 10.4. The first-order chi connectivity index (χ1) is 14.8. The molecule has 5 rings (SSSR count). The van der Waals surface area contributed by atoms with E-state index in [1.165, 1.54) is 0 Å². The highest BCUT2D eigenvalue weighted by atomic mass is 16.3. The summed E-state index contributed by atoms with van der Waals surface area (Å²) in [5.74, 6) is 0.0388. The Kier molecular flexibility index (Phi) is 5.27. The largest absolute Gasteiger partial charge is 0.393 e. The molecular weight excluding hydrogens is 404 g/mol. The molecule has 0 spiro atoms. The first-order valence-corrected chi connectivity index (χ1v) is 13.2. The minimum atomic E-state index is -0.954. The summed E-state index contributed by atoms with van der Waals surface area (Å²) in [5.41, 5.74) is -1.35. The molecule has 4 N–H and O–H groups in total. The SMILES string of the molecule is CC(C)C[C@]1(O)C[C@@H](C)[C@H]2[C@@H]1C(=O)[C@@H]1[C@@H]3[C@@H](O)[C@H](O)[C@H]4C[C@H](O)CC[C@]4(C)[C@H]3CC[C@]21C. The Labute approximate surface area is 193 Å². The number of carbonyl (C=O) groups is 1. The number of aliphatic hydroxyl groups is 4. The second kappa shape index (κ2) is 7.26. The highest BCUT2D eigenvalue weighted by Gasteiger charge is 2.73. The lowest BCUT2D eigenvalue weighted by molar-refractivity contribution is -0.221. The summed E-state index contributed by atoms with van der Waals surface area (Å²) in [5, 5.41) is 44.7. The van der Waals surface area contributed by atoms with Crippen molar-refractivity contribution in [3.63, 3.8) is 0 Å². The Balaban J connectivity index is 1.56. The van der Waals surface area contributed by atoms with Gasteiger partial charge in [0.15, 0.2) is 0 Å². The lowest BCUT2D eigenvalue weighted by Gasteiger charge is -2.63. The van der Waals surface area contributed by atoms with Crippen LogP contribution in [-0.2, 0) is 4.79 Å². The molecule has 5 saturated carbocycles. The molecule has 13 atom stereocenters. The van der Waals surface area contributed by atoms with Crippen LogP contribution in [0, 0.1) is 58.2 Å². The maximum absolute atomic E-state index is 14.2. The molecule has 0 heterocycles. The molecule has 0 unspecified atom stereocenters. The van der Waals surface area contributed by atoms with Crippen LogP contribution in [0.15, 0.2) is 0 Å². The summed E-state index contributed by atoms with van der Waals surface area (Å²) in [4.78, 5) is 14.2. The molecule has 0 saturated heterocycles. The first kappa shape index (κ1) is 23.3. The van der Waals surface area contributed by atoms with E-state index in [0.29, 0.717) is 25.2 Å². The number of fused-ring (bicyclic) bond motifs is 7. The van der Waals surface area contributed by atoms with E-state index in [1.54, 1.807) is 0 Å². The van der Waals surface area contributed by atoms with Crippen LogP contribution in [0.25, 0.3) is 0 Å². The van der Waals surface area contributed by atoms with Gasteiger partial charge in [-0.15, -0.1) is 0 Å². The van der Waals surface area contributed by atoms with Crippen LogP contribution in [0.2, 0.25) is 0 Å². The van der Waals surface area contributed by atoms with Crippen molar-refractivity contribution in [1.82, 2.24) is 0 Å². The van der Waals surface area contributed by atoms with Crippen LogP contribution < -0.4 is 0 Å². The number of carbonyl (C=O) groups excluding carboxylic acids is 1. The third-order valence-corrected chi connectivity index (χ3v) is 11.3. The normalized spacial score (nSPS) is 59.5. The topological polar surface area (TPSA) is 98.0 Å². The monoisotopic (exact) mass is 448 g/mol. The Bertz CT molecular complexity index is 782. The van der Waals surface area contributed by atoms with Gasteiger partial charge < -0.3 is 20.4 Å². The highest BCUT2D eigenvalue weighted by Crippen LogP contribution is 2.71. The molecule has 0 aromatic carbocycles. The maximum atomic E-state index is 14.2. The molecule has 32 heavy (non-hydrogen) atoms. The quantitative estimate of drug-likeness (QED) is 0.520. The Hall–Kier alpha value is -0.490. The summed E-state index contributed by atoms with van der Waals surface area (Å²) >= 11 is 0. The van der Waals surface area contributed by atoms with E-state index in [4.69, 9.17) is 0 Å². The van der Waals surface area contributed by atoms with E-state index in [2.05, 4.69) is 34.6 Å². The zero-order valence-electron chi connectivity index (χ0n) is 20.5. The van der Waals surface area contributed by atoms with Crippen molar-refractivity contribution >= 4 is 5.78 Å². The number of hydrogen-bond acceptors (Lipinski definition) is 5. The van der Waals surface area contributed by atoms with Crippen molar-refractivity contribution in [3.05, 3.63) is 0 Å². The van der Waals surface area contributed by atoms with Crippen molar-refractivity contribution in [2.75, 3.05) is 0 Å². The van der Waals surface area contributed by atoms with Crippen LogP contribution in [0.1, 0.15) is 79.6 Å². The number of rotatable bonds is 2. The lowest BCUT2D eigenvalue weighted by atomic mass is 9.43. The second-order valence-electron chi connectivity index (χ2n) is 13.5. The van der Waals surface area contributed by atoms with E-state index in [-0.39, 0.29) is 58.0 Å². The number of hydrogen-bond donors (Lipinski definition) is 4. The third-order valence-electron chi connectivity index (χ3n) is 11.3. The smallest absolute Gasteiger partial charge is 0.143 e. The van der Waals surface area contributed by atoms with Gasteiger partial charge in [-0.25, -0.2) is 0 Å². The molecule has 5 nitrogen and oxygen atoms in total. The average molecular weight is 449 g/mol. The first-order valence-electron chi connectivity index (χ1n) is 13.2. The van der Waals surface area contributed by atoms with Crippen LogP contribution in [-0.4, -0.2) is 50.1 Å². The van der Waals surface area contributed by atoms with Gasteiger partial charge in [0, 0.05) is 11.8 Å². The van der Waals surface area contributed by atoms with Crippen molar-refractivity contribution in [2.24, 2.45) is 58.2 Å². The van der Waals surface area contributed by atoms with Gasteiger partial charge in [-0.1, -0.05) is 34.6 Å². The minimum absolute atomic E-state index is 0.125. The predicted molar refractivity (Wildman–Crippen MR) is 121 cm³/mol. The highest BCUT2D eigenvalue weighted by molar-refractivity contribution is 5.89. The van der Waals surface area contributed by atoms with Crippen LogP contribution in [0.4, 0.5) is 0 Å². The van der Waals surface area contributed by atoms with Crippen molar-refractivity contribution in [3.8, 4) is 0 Å². The second-order valence-corrected chi connectivity index (χ2v) is 13.5. The number of aliphatic hydroxyl groups excluding tert-OH is 3. The molecule has 0 aromatic heterocycles. The van der Waals surface area contributed by atoms with Crippen molar-refractivity contribution < 1.29 is 25.2 Å². The fourth-order valence-electron chi connectivity index (χ4n) is 10.4. The zero-order chi connectivity index (χ0) is 23.4. The number of ketones is 1. The number of Topliss-reactive ketones (excluding diaryl/α,β-unsaturated/α-hetero) is 1. The van der Waals surface area contributed by atoms with E-state index in [0.717, 1.165) is 25.7 Å². The van der Waals surface area contributed by atoms with Crippen molar-refractivity contribution in [1.29, 1.82) is 0 Å². The van der Waals surface area contributed by atoms with Crippen LogP contribution in [0.3, 0.4) is 0 Å². The van der Waals surface area contributed by atoms with Gasteiger partial charge in [0.2, 0.25) is 0 Å². The van der Waals surface area contributed by atoms with Gasteiger partial charge in [-0.05, 0) is 85.4 Å². The molecular formula is C27H44O5. The molecule has 5 fully saturated rings. The summed E-state index contributed by atoms with van der Waals surface area (Å²) in [6, 6.07) is 0. The molecule has 0 aromatic rings.